The number of carboxylic acid groups (broad SMARTS) is 1. The third-order valence-corrected chi connectivity index (χ3v) is 2.63. The molecule has 0 saturated carbocycles. The van der Waals surface area contributed by atoms with Crippen molar-refractivity contribution in [2.45, 2.75) is 18.9 Å². The molecule has 0 fully saturated rings. The summed E-state index contributed by atoms with van der Waals surface area (Å²) in [6.07, 6.45) is -1.21. The Morgan fingerprint density at radius 2 is 1.85 bits per heavy atom. The third kappa shape index (κ3) is 5.66. The number of carboxylic acids is 1. The van der Waals surface area contributed by atoms with Gasteiger partial charge in [0, 0.05) is 19.5 Å². The second-order valence-electron chi connectivity index (χ2n) is 4.17. The minimum atomic E-state index is -1.49. The molecular weight excluding hydrogens is 267 g/mol. The van der Waals surface area contributed by atoms with Gasteiger partial charge in [-0.15, -0.1) is 0 Å². The van der Waals surface area contributed by atoms with Crippen LogP contribution in [0, 0.1) is 5.82 Å². The average Bonchev–Trinajstić information content (AvgIpc) is 2.40. The summed E-state index contributed by atoms with van der Waals surface area (Å²) in [6, 6.07) is 5.80. The Bertz CT molecular complexity index is 467. The maximum absolute atomic E-state index is 13.3. The van der Waals surface area contributed by atoms with E-state index in [1.165, 1.54) is 6.07 Å². The molecule has 0 saturated heterocycles. The van der Waals surface area contributed by atoms with Crippen LogP contribution in [0.25, 0.3) is 0 Å². The van der Waals surface area contributed by atoms with Crippen molar-refractivity contribution < 1.29 is 24.2 Å². The molecule has 6 nitrogen and oxygen atoms in total. The fourth-order valence-electron chi connectivity index (χ4n) is 1.52. The molecule has 0 aliphatic carbocycles. The Morgan fingerprint density at radius 1 is 1.20 bits per heavy atom. The quantitative estimate of drug-likeness (QED) is 0.586. The first-order valence-corrected chi connectivity index (χ1v) is 6.16. The first kappa shape index (κ1) is 15.9. The molecule has 2 amide bonds. The molecule has 1 aromatic rings. The third-order valence-electron chi connectivity index (χ3n) is 2.63. The molecule has 4 N–H and O–H groups in total. The number of hydrogen-bond acceptors (Lipinski definition) is 3. The highest BCUT2D eigenvalue weighted by Crippen LogP contribution is 2.05. The van der Waals surface area contributed by atoms with E-state index in [1.807, 2.05) is 0 Å². The zero-order valence-corrected chi connectivity index (χ0v) is 10.8. The maximum Gasteiger partial charge on any atom is 0.332 e. The van der Waals surface area contributed by atoms with Gasteiger partial charge in [-0.2, -0.15) is 0 Å². The van der Waals surface area contributed by atoms with Crippen molar-refractivity contribution in [2.24, 2.45) is 0 Å². The predicted octanol–water partition coefficient (Wildman–Crippen LogP) is 0.503. The fraction of sp³-hybridized carbons (Fsp3) is 0.385. The Labute approximate surface area is 115 Å². The Hall–Kier alpha value is -2.15. The zero-order valence-electron chi connectivity index (χ0n) is 10.8. The molecule has 7 heteroatoms. The lowest BCUT2D eigenvalue weighted by atomic mass is 10.1. The smallest absolute Gasteiger partial charge is 0.332 e. The van der Waals surface area contributed by atoms with Gasteiger partial charge in [-0.1, -0.05) is 18.2 Å². The van der Waals surface area contributed by atoms with E-state index in [1.54, 1.807) is 18.2 Å². The van der Waals surface area contributed by atoms with Crippen LogP contribution >= 0.6 is 0 Å². The summed E-state index contributed by atoms with van der Waals surface area (Å²) in [4.78, 5) is 21.6. The topological polar surface area (TPSA) is 98.7 Å². The summed E-state index contributed by atoms with van der Waals surface area (Å²) in [7, 11) is 0. The van der Waals surface area contributed by atoms with Crippen LogP contribution in [0.2, 0.25) is 0 Å². The minimum absolute atomic E-state index is 0.0407. The molecule has 20 heavy (non-hydrogen) atoms. The number of amides is 2. The van der Waals surface area contributed by atoms with Crippen molar-refractivity contribution in [2.75, 3.05) is 13.1 Å². The van der Waals surface area contributed by atoms with Crippen LogP contribution in [-0.4, -0.2) is 41.4 Å². The molecule has 1 rings (SSSR count). The molecule has 0 heterocycles. The molecule has 0 aliphatic rings. The number of halogens is 1. The second-order valence-corrected chi connectivity index (χ2v) is 4.17. The molecular formula is C13H17FN2O4. The highest BCUT2D eigenvalue weighted by atomic mass is 19.1. The van der Waals surface area contributed by atoms with Gasteiger partial charge in [-0.05, 0) is 18.1 Å². The molecule has 0 radical (unpaired) electrons. The standard InChI is InChI=1S/C13H17FN2O4/c14-10-4-2-1-3-9(10)5-7-15-13(20)16-8-6-11(17)12(18)19/h1-4,11,17H,5-8H2,(H,18,19)(H2,15,16,20)/t11-/m0/s1. The van der Waals surface area contributed by atoms with Crippen LogP contribution in [0.5, 0.6) is 0 Å². The number of aliphatic carboxylic acids is 1. The Balaban J connectivity index is 2.18. The van der Waals surface area contributed by atoms with E-state index in [2.05, 4.69) is 10.6 Å². The van der Waals surface area contributed by atoms with E-state index in [-0.39, 0.29) is 25.3 Å². The maximum atomic E-state index is 13.3. The SMILES string of the molecule is O=C(NCCc1ccccc1F)NCC[C@H](O)C(=O)O. The van der Waals surface area contributed by atoms with Crippen molar-refractivity contribution in [1.29, 1.82) is 0 Å². The summed E-state index contributed by atoms with van der Waals surface area (Å²) in [5.74, 6) is -1.65. The van der Waals surface area contributed by atoms with E-state index in [0.717, 1.165) is 0 Å². The number of nitrogens with one attached hydrogen (secondary N) is 2. The molecule has 0 spiro atoms. The zero-order chi connectivity index (χ0) is 15.0. The Kier molecular flexibility index (Phi) is 6.45. The molecule has 0 unspecified atom stereocenters. The van der Waals surface area contributed by atoms with Gasteiger partial charge >= 0.3 is 12.0 Å². The van der Waals surface area contributed by atoms with Gasteiger partial charge in [0.2, 0.25) is 0 Å². The monoisotopic (exact) mass is 284 g/mol. The van der Waals surface area contributed by atoms with Gasteiger partial charge in [0.25, 0.3) is 0 Å². The van der Waals surface area contributed by atoms with Gasteiger partial charge in [0.05, 0.1) is 0 Å². The van der Waals surface area contributed by atoms with Crippen molar-refractivity contribution in [1.82, 2.24) is 10.6 Å². The number of urea groups is 1. The van der Waals surface area contributed by atoms with Gasteiger partial charge < -0.3 is 20.8 Å². The van der Waals surface area contributed by atoms with Crippen LogP contribution in [-0.2, 0) is 11.2 Å². The van der Waals surface area contributed by atoms with Crippen LogP contribution in [0.4, 0.5) is 9.18 Å². The molecule has 110 valence electrons. The molecule has 0 aliphatic heterocycles. The number of aliphatic hydroxyl groups excluding tert-OH is 1. The van der Waals surface area contributed by atoms with E-state index in [0.29, 0.717) is 12.0 Å². The molecule has 0 aromatic heterocycles. The second kappa shape index (κ2) is 8.11. The summed E-state index contributed by atoms with van der Waals surface area (Å²) in [6.45, 7) is 0.299. The number of benzene rings is 1. The highest BCUT2D eigenvalue weighted by molar-refractivity contribution is 5.74. The fourth-order valence-corrected chi connectivity index (χ4v) is 1.52. The van der Waals surface area contributed by atoms with Crippen molar-refractivity contribution >= 4 is 12.0 Å². The predicted molar refractivity (Wildman–Crippen MR) is 69.8 cm³/mol. The van der Waals surface area contributed by atoms with Gasteiger partial charge in [0.1, 0.15) is 5.82 Å². The minimum Gasteiger partial charge on any atom is -0.479 e. The average molecular weight is 284 g/mol. The van der Waals surface area contributed by atoms with Crippen molar-refractivity contribution in [3.8, 4) is 0 Å². The van der Waals surface area contributed by atoms with Gasteiger partial charge in [0.15, 0.2) is 6.10 Å². The van der Waals surface area contributed by atoms with Crippen LogP contribution in [0.1, 0.15) is 12.0 Å². The van der Waals surface area contributed by atoms with E-state index >= 15 is 0 Å². The lowest BCUT2D eigenvalue weighted by molar-refractivity contribution is -0.146. The number of rotatable bonds is 7. The summed E-state index contributed by atoms with van der Waals surface area (Å²) < 4.78 is 13.3. The normalized spacial score (nSPS) is 11.7. The first-order chi connectivity index (χ1) is 9.50. The number of carbonyl (C=O) groups is 2. The van der Waals surface area contributed by atoms with E-state index in [9.17, 15) is 14.0 Å². The van der Waals surface area contributed by atoms with Crippen LogP contribution in [0.15, 0.2) is 24.3 Å². The number of hydrogen-bond donors (Lipinski definition) is 4. The van der Waals surface area contributed by atoms with Gasteiger partial charge in [-0.25, -0.2) is 14.0 Å². The lowest BCUT2D eigenvalue weighted by Gasteiger charge is -2.09. The summed E-state index contributed by atoms with van der Waals surface area (Å²) >= 11 is 0. The number of carbonyl (C=O) groups excluding carboxylic acids is 1. The lowest BCUT2D eigenvalue weighted by Crippen LogP contribution is -2.38. The summed E-state index contributed by atoms with van der Waals surface area (Å²) in [5, 5.41) is 22.3. The first-order valence-electron chi connectivity index (χ1n) is 6.16. The highest BCUT2D eigenvalue weighted by Gasteiger charge is 2.12. The van der Waals surface area contributed by atoms with E-state index < -0.39 is 18.1 Å². The number of aliphatic hydroxyl groups is 1. The van der Waals surface area contributed by atoms with Crippen molar-refractivity contribution in [3.05, 3.63) is 35.6 Å². The van der Waals surface area contributed by atoms with Gasteiger partial charge in [-0.3, -0.25) is 0 Å². The molecule has 0 bridgehead atoms. The molecule has 1 atom stereocenters. The van der Waals surface area contributed by atoms with E-state index in [4.69, 9.17) is 10.2 Å². The van der Waals surface area contributed by atoms with Crippen LogP contribution < -0.4 is 10.6 Å². The summed E-state index contributed by atoms with van der Waals surface area (Å²) in [5.41, 5.74) is 0.508. The van der Waals surface area contributed by atoms with Crippen molar-refractivity contribution in [3.63, 3.8) is 0 Å². The molecule has 1 aromatic carbocycles. The van der Waals surface area contributed by atoms with Crippen LogP contribution in [0.3, 0.4) is 0 Å². The Morgan fingerprint density at radius 3 is 2.50 bits per heavy atom. The largest absolute Gasteiger partial charge is 0.479 e.